The number of rotatable bonds is 3. The van der Waals surface area contributed by atoms with Crippen LogP contribution in [0.5, 0.6) is 5.88 Å². The Morgan fingerprint density at radius 2 is 2.05 bits per heavy atom. The van der Waals surface area contributed by atoms with E-state index in [-0.39, 0.29) is 11.8 Å². The van der Waals surface area contributed by atoms with Gasteiger partial charge in [0.05, 0.1) is 18.3 Å². The standard InChI is InChI=1S/C16H19N3O2/c1-21-14-8-7-12-15(19-14)13(9-10-17-12)18-16(20)11-5-3-2-4-6-11/h7-11H,2-6H2,1H3,(H,17,18,20). The first-order chi connectivity index (χ1) is 10.3. The fourth-order valence-electron chi connectivity index (χ4n) is 2.82. The molecule has 110 valence electrons. The molecule has 2 aromatic heterocycles. The molecule has 1 saturated carbocycles. The summed E-state index contributed by atoms with van der Waals surface area (Å²) in [6.07, 6.45) is 7.16. The van der Waals surface area contributed by atoms with Gasteiger partial charge in [0.2, 0.25) is 11.8 Å². The highest BCUT2D eigenvalue weighted by Crippen LogP contribution is 2.27. The number of hydrogen-bond donors (Lipinski definition) is 1. The predicted molar refractivity (Wildman–Crippen MR) is 81.3 cm³/mol. The minimum atomic E-state index is 0.0896. The minimum absolute atomic E-state index is 0.0896. The fraction of sp³-hybridized carbons (Fsp3) is 0.438. The zero-order valence-electron chi connectivity index (χ0n) is 12.1. The Morgan fingerprint density at radius 3 is 2.81 bits per heavy atom. The molecule has 1 fully saturated rings. The summed E-state index contributed by atoms with van der Waals surface area (Å²) < 4.78 is 5.15. The van der Waals surface area contributed by atoms with Gasteiger partial charge in [-0.05, 0) is 25.0 Å². The van der Waals surface area contributed by atoms with Crippen LogP contribution in [0.3, 0.4) is 0 Å². The number of ether oxygens (including phenoxy) is 1. The second-order valence-electron chi connectivity index (χ2n) is 5.40. The highest BCUT2D eigenvalue weighted by atomic mass is 16.5. The Labute approximate surface area is 123 Å². The lowest BCUT2D eigenvalue weighted by molar-refractivity contribution is -0.120. The van der Waals surface area contributed by atoms with Gasteiger partial charge in [0.1, 0.15) is 5.52 Å². The number of anilines is 1. The smallest absolute Gasteiger partial charge is 0.227 e. The third-order valence-electron chi connectivity index (χ3n) is 4.00. The number of fused-ring (bicyclic) bond motifs is 1. The number of pyridine rings is 2. The summed E-state index contributed by atoms with van der Waals surface area (Å²) in [5.74, 6) is 0.725. The van der Waals surface area contributed by atoms with Crippen molar-refractivity contribution < 1.29 is 9.53 Å². The van der Waals surface area contributed by atoms with Gasteiger partial charge in [0, 0.05) is 18.2 Å². The fourth-order valence-corrected chi connectivity index (χ4v) is 2.82. The van der Waals surface area contributed by atoms with Crippen LogP contribution in [-0.2, 0) is 4.79 Å². The highest BCUT2D eigenvalue weighted by Gasteiger charge is 2.21. The minimum Gasteiger partial charge on any atom is -0.481 e. The van der Waals surface area contributed by atoms with Crippen LogP contribution < -0.4 is 10.1 Å². The van der Waals surface area contributed by atoms with Gasteiger partial charge in [-0.25, -0.2) is 4.98 Å². The van der Waals surface area contributed by atoms with E-state index in [1.807, 2.05) is 6.07 Å². The Balaban J connectivity index is 1.87. The monoisotopic (exact) mass is 285 g/mol. The maximum atomic E-state index is 12.4. The van der Waals surface area contributed by atoms with Crippen LogP contribution in [0.2, 0.25) is 0 Å². The van der Waals surface area contributed by atoms with Crippen molar-refractivity contribution in [2.24, 2.45) is 5.92 Å². The molecule has 0 atom stereocenters. The summed E-state index contributed by atoms with van der Waals surface area (Å²) in [4.78, 5) is 21.0. The quantitative estimate of drug-likeness (QED) is 0.940. The van der Waals surface area contributed by atoms with Gasteiger partial charge < -0.3 is 10.1 Å². The third-order valence-corrected chi connectivity index (χ3v) is 4.00. The van der Waals surface area contributed by atoms with Gasteiger partial charge >= 0.3 is 0 Å². The predicted octanol–water partition coefficient (Wildman–Crippen LogP) is 3.16. The Kier molecular flexibility index (Phi) is 3.99. The molecule has 1 aliphatic rings. The summed E-state index contributed by atoms with van der Waals surface area (Å²) in [6.45, 7) is 0. The van der Waals surface area contributed by atoms with Gasteiger partial charge in [-0.2, -0.15) is 0 Å². The Bertz CT molecular complexity index is 651. The third kappa shape index (κ3) is 2.96. The molecule has 5 heteroatoms. The topological polar surface area (TPSA) is 64.1 Å². The van der Waals surface area contributed by atoms with E-state index < -0.39 is 0 Å². The SMILES string of the molecule is COc1ccc2nccc(NC(=O)C3CCCCC3)c2n1. The summed E-state index contributed by atoms with van der Waals surface area (Å²) in [5.41, 5.74) is 2.12. The maximum Gasteiger partial charge on any atom is 0.227 e. The van der Waals surface area contributed by atoms with Crippen molar-refractivity contribution in [3.05, 3.63) is 24.4 Å². The number of nitrogens with zero attached hydrogens (tertiary/aromatic N) is 2. The molecule has 0 spiro atoms. The lowest BCUT2D eigenvalue weighted by Crippen LogP contribution is -2.24. The van der Waals surface area contributed by atoms with Crippen LogP contribution in [0.4, 0.5) is 5.69 Å². The van der Waals surface area contributed by atoms with Crippen molar-refractivity contribution in [3.8, 4) is 5.88 Å². The molecule has 1 amide bonds. The van der Waals surface area contributed by atoms with Crippen LogP contribution in [0.15, 0.2) is 24.4 Å². The summed E-state index contributed by atoms with van der Waals surface area (Å²) in [5, 5.41) is 3.01. The zero-order chi connectivity index (χ0) is 14.7. The molecular weight excluding hydrogens is 266 g/mol. The zero-order valence-corrected chi connectivity index (χ0v) is 12.1. The van der Waals surface area contributed by atoms with E-state index in [1.54, 1.807) is 25.4 Å². The summed E-state index contributed by atoms with van der Waals surface area (Å²) >= 11 is 0. The van der Waals surface area contributed by atoms with Gasteiger partial charge in [-0.1, -0.05) is 19.3 Å². The number of hydrogen-bond acceptors (Lipinski definition) is 4. The van der Waals surface area contributed by atoms with Gasteiger partial charge in [-0.3, -0.25) is 9.78 Å². The number of amides is 1. The first-order valence-corrected chi connectivity index (χ1v) is 7.38. The van der Waals surface area contributed by atoms with Crippen molar-refractivity contribution in [1.82, 2.24) is 9.97 Å². The molecule has 0 saturated heterocycles. The first kappa shape index (κ1) is 13.8. The number of carbonyl (C=O) groups is 1. The Hall–Kier alpha value is -2.17. The second kappa shape index (κ2) is 6.08. The molecule has 0 unspecified atom stereocenters. The van der Waals surface area contributed by atoms with Gasteiger partial charge in [0.15, 0.2) is 0 Å². The van der Waals surface area contributed by atoms with Crippen molar-refractivity contribution in [2.75, 3.05) is 12.4 Å². The molecule has 3 rings (SSSR count). The van der Waals surface area contributed by atoms with E-state index in [0.717, 1.165) is 31.2 Å². The number of nitrogens with one attached hydrogen (secondary N) is 1. The first-order valence-electron chi connectivity index (χ1n) is 7.38. The molecule has 0 aromatic carbocycles. The normalized spacial score (nSPS) is 15.9. The summed E-state index contributed by atoms with van der Waals surface area (Å²) in [6, 6.07) is 5.40. The number of aromatic nitrogens is 2. The average Bonchev–Trinajstić information content (AvgIpc) is 2.55. The van der Waals surface area contributed by atoms with E-state index in [0.29, 0.717) is 17.1 Å². The maximum absolute atomic E-state index is 12.4. The van der Waals surface area contributed by atoms with E-state index in [1.165, 1.54) is 6.42 Å². The van der Waals surface area contributed by atoms with E-state index >= 15 is 0 Å². The lowest BCUT2D eigenvalue weighted by atomic mass is 9.88. The lowest BCUT2D eigenvalue weighted by Gasteiger charge is -2.21. The van der Waals surface area contributed by atoms with Crippen LogP contribution in [-0.4, -0.2) is 23.0 Å². The molecule has 2 heterocycles. The van der Waals surface area contributed by atoms with Crippen LogP contribution in [0, 0.1) is 5.92 Å². The van der Waals surface area contributed by atoms with Crippen molar-refractivity contribution in [3.63, 3.8) is 0 Å². The van der Waals surface area contributed by atoms with Crippen LogP contribution in [0.25, 0.3) is 11.0 Å². The average molecular weight is 285 g/mol. The van der Waals surface area contributed by atoms with E-state index in [2.05, 4.69) is 15.3 Å². The second-order valence-corrected chi connectivity index (χ2v) is 5.40. The number of methoxy groups -OCH3 is 1. The van der Waals surface area contributed by atoms with Crippen LogP contribution >= 0.6 is 0 Å². The van der Waals surface area contributed by atoms with Gasteiger partial charge in [-0.15, -0.1) is 0 Å². The largest absolute Gasteiger partial charge is 0.481 e. The Morgan fingerprint density at radius 1 is 1.24 bits per heavy atom. The van der Waals surface area contributed by atoms with E-state index in [9.17, 15) is 4.79 Å². The molecule has 0 bridgehead atoms. The van der Waals surface area contributed by atoms with Gasteiger partial charge in [0.25, 0.3) is 0 Å². The molecule has 1 aliphatic carbocycles. The molecule has 0 radical (unpaired) electrons. The molecule has 5 nitrogen and oxygen atoms in total. The van der Waals surface area contributed by atoms with Crippen LogP contribution in [0.1, 0.15) is 32.1 Å². The number of carbonyl (C=O) groups excluding carboxylic acids is 1. The van der Waals surface area contributed by atoms with Crippen molar-refractivity contribution in [2.45, 2.75) is 32.1 Å². The highest BCUT2D eigenvalue weighted by molar-refractivity contribution is 6.00. The van der Waals surface area contributed by atoms with Crippen molar-refractivity contribution in [1.29, 1.82) is 0 Å². The molecule has 0 aliphatic heterocycles. The molecular formula is C16H19N3O2. The molecule has 1 N–H and O–H groups in total. The summed E-state index contributed by atoms with van der Waals surface area (Å²) in [7, 11) is 1.57. The van der Waals surface area contributed by atoms with Crippen molar-refractivity contribution >= 4 is 22.6 Å². The molecule has 21 heavy (non-hydrogen) atoms. The van der Waals surface area contributed by atoms with E-state index in [4.69, 9.17) is 4.74 Å². The molecule has 2 aromatic rings.